The van der Waals surface area contributed by atoms with Crippen LogP contribution in [-0.4, -0.2) is 116 Å². The molecule has 6 rings (SSSR count). The molecular formula is C55H74F6N8O8. The topological polar surface area (TPSA) is 187 Å². The molecule has 2 aliphatic heterocycles. The van der Waals surface area contributed by atoms with Crippen molar-refractivity contribution in [2.45, 2.75) is 151 Å². The summed E-state index contributed by atoms with van der Waals surface area (Å²) in [5, 5.41) is 6.11. The van der Waals surface area contributed by atoms with Crippen molar-refractivity contribution in [3.05, 3.63) is 107 Å². The number of hydrogen-bond donors (Lipinski definition) is 2. The zero-order valence-corrected chi connectivity index (χ0v) is 45.1. The summed E-state index contributed by atoms with van der Waals surface area (Å²) in [5.41, 5.74) is -2.30. The van der Waals surface area contributed by atoms with Crippen molar-refractivity contribution >= 4 is 24.0 Å². The van der Waals surface area contributed by atoms with Crippen LogP contribution in [0.2, 0.25) is 0 Å². The highest BCUT2D eigenvalue weighted by atomic mass is 19.4. The fraction of sp³-hybridized carbons (Fsp3) is 0.564. The Labute approximate surface area is 447 Å². The van der Waals surface area contributed by atoms with Gasteiger partial charge in [-0.2, -0.15) is 26.3 Å². The van der Waals surface area contributed by atoms with Gasteiger partial charge in [0.25, 0.3) is 0 Å². The quantitative estimate of drug-likeness (QED) is 0.128. The van der Waals surface area contributed by atoms with Crippen LogP contribution in [0.1, 0.15) is 135 Å². The molecule has 0 spiro atoms. The van der Waals surface area contributed by atoms with Crippen molar-refractivity contribution in [1.29, 1.82) is 0 Å². The van der Waals surface area contributed by atoms with E-state index in [4.69, 9.17) is 18.9 Å². The number of nitrogens with one attached hydrogen (secondary N) is 2. The number of likely N-dealkylation sites (tertiary alicyclic amines) is 2. The summed E-state index contributed by atoms with van der Waals surface area (Å²) in [5.74, 6) is -2.45. The minimum absolute atomic E-state index is 0. The zero-order valence-electron chi connectivity index (χ0n) is 45.1. The molecular weight excluding hydrogens is 1010 g/mol. The largest absolute Gasteiger partial charge is 0.476 e. The summed E-state index contributed by atoms with van der Waals surface area (Å²) >= 11 is 0. The second kappa shape index (κ2) is 25.2. The van der Waals surface area contributed by atoms with Crippen LogP contribution in [0.4, 0.5) is 35.9 Å². The zero-order chi connectivity index (χ0) is 56.6. The lowest BCUT2D eigenvalue weighted by atomic mass is 9.84. The van der Waals surface area contributed by atoms with E-state index in [0.717, 1.165) is 34.6 Å². The van der Waals surface area contributed by atoms with Crippen molar-refractivity contribution in [3.63, 3.8) is 0 Å². The Bertz CT molecular complexity index is 2470. The number of pyridine rings is 4. The van der Waals surface area contributed by atoms with Gasteiger partial charge in [-0.15, -0.1) is 0 Å². The van der Waals surface area contributed by atoms with Crippen molar-refractivity contribution in [2.75, 3.05) is 39.4 Å². The molecule has 4 atom stereocenters. The molecule has 16 nitrogen and oxygen atoms in total. The number of halogens is 6. The lowest BCUT2D eigenvalue weighted by molar-refractivity contribution is -0.141. The number of ether oxygens (including phenoxy) is 4. The molecule has 0 bridgehead atoms. The molecule has 2 saturated heterocycles. The standard InChI is InChI=1S/2C27H35F3N4O4.CH4/c2*1-17-18(9-7-12-31-17)19-15-34(24(36)38-25(2,3)4)14-11-21(19)33-23(35)26(5,6)16-37-22-20(27(28,29)30)10-8-13-32-22;/h2*7-10,12-13,19,21H,11,14-16H2,1-6H3,(H,33,35);1H4/t2*19-,21+;/m10./s1. The van der Waals surface area contributed by atoms with E-state index in [2.05, 4.69) is 30.6 Å². The average molecular weight is 1090 g/mol. The van der Waals surface area contributed by atoms with E-state index in [9.17, 15) is 45.5 Å². The van der Waals surface area contributed by atoms with Crippen molar-refractivity contribution in [2.24, 2.45) is 10.8 Å². The first kappa shape index (κ1) is 62.8. The van der Waals surface area contributed by atoms with Crippen LogP contribution in [0, 0.1) is 24.7 Å². The highest BCUT2D eigenvalue weighted by Crippen LogP contribution is 2.38. The summed E-state index contributed by atoms with van der Waals surface area (Å²) in [6.07, 6.45) is -3.45. The van der Waals surface area contributed by atoms with Crippen LogP contribution < -0.4 is 20.1 Å². The monoisotopic (exact) mass is 1090 g/mol. The molecule has 6 heterocycles. The van der Waals surface area contributed by atoms with Gasteiger partial charge in [-0.3, -0.25) is 19.6 Å². The van der Waals surface area contributed by atoms with Gasteiger partial charge < -0.3 is 39.4 Å². The first-order valence-corrected chi connectivity index (χ1v) is 24.9. The minimum Gasteiger partial charge on any atom is -0.476 e. The maximum absolute atomic E-state index is 13.3. The predicted molar refractivity (Wildman–Crippen MR) is 276 cm³/mol. The molecule has 2 N–H and O–H groups in total. The fourth-order valence-electron chi connectivity index (χ4n) is 8.44. The Balaban J connectivity index is 0.000000328. The lowest BCUT2D eigenvalue weighted by Gasteiger charge is -2.40. The predicted octanol–water partition coefficient (Wildman–Crippen LogP) is 10.9. The van der Waals surface area contributed by atoms with Gasteiger partial charge in [0, 0.05) is 86.3 Å². The van der Waals surface area contributed by atoms with E-state index >= 15 is 0 Å². The van der Waals surface area contributed by atoms with Crippen LogP contribution in [0.5, 0.6) is 11.8 Å². The number of carbonyl (C=O) groups excluding carboxylic acids is 4. The number of piperidine rings is 2. The van der Waals surface area contributed by atoms with Gasteiger partial charge >= 0.3 is 24.5 Å². The molecule has 0 saturated carbocycles. The van der Waals surface area contributed by atoms with E-state index in [-0.39, 0.29) is 56.4 Å². The third kappa shape index (κ3) is 17.6. The smallest absolute Gasteiger partial charge is 0.421 e. The van der Waals surface area contributed by atoms with E-state index < -0.39 is 69.5 Å². The molecule has 4 aromatic rings. The number of aryl methyl sites for hydroxylation is 2. The Hall–Kier alpha value is -6.74. The molecule has 0 unspecified atom stereocenters. The van der Waals surface area contributed by atoms with E-state index in [0.29, 0.717) is 39.0 Å². The van der Waals surface area contributed by atoms with E-state index in [1.807, 2.05) is 26.0 Å². The second-order valence-corrected chi connectivity index (χ2v) is 22.2. The van der Waals surface area contributed by atoms with E-state index in [1.165, 1.54) is 24.5 Å². The van der Waals surface area contributed by atoms with Gasteiger partial charge in [0.05, 0.1) is 10.8 Å². The number of amides is 4. The number of hydrogen-bond acceptors (Lipinski definition) is 12. The fourth-order valence-corrected chi connectivity index (χ4v) is 8.44. The summed E-state index contributed by atoms with van der Waals surface area (Å²) in [4.78, 5) is 71.7. The molecule has 77 heavy (non-hydrogen) atoms. The summed E-state index contributed by atoms with van der Waals surface area (Å²) < 4.78 is 102. The van der Waals surface area contributed by atoms with Gasteiger partial charge in [0.2, 0.25) is 23.6 Å². The van der Waals surface area contributed by atoms with Gasteiger partial charge in [-0.1, -0.05) is 19.6 Å². The van der Waals surface area contributed by atoms with Crippen LogP contribution in [0.3, 0.4) is 0 Å². The molecule has 2 aliphatic rings. The number of rotatable bonds is 12. The Morgan fingerprint density at radius 2 is 0.870 bits per heavy atom. The molecule has 0 aromatic carbocycles. The molecule has 2 fully saturated rings. The SMILES string of the molecule is C.Cc1ncccc1[C@@H]1CN(C(=O)OC(C)(C)C)CC[C@H]1NC(=O)C(C)(C)COc1ncccc1C(F)(F)F.Cc1ncccc1[C@H]1CN(C(=O)OC(C)(C)C)CC[C@@H]1NC(=O)C(C)(C)COc1ncccc1C(F)(F)F. The Kier molecular flexibility index (Phi) is 20.5. The first-order valence-electron chi connectivity index (χ1n) is 24.9. The maximum Gasteiger partial charge on any atom is 0.421 e. The van der Waals surface area contributed by atoms with Crippen LogP contribution in [0.15, 0.2) is 73.3 Å². The van der Waals surface area contributed by atoms with Gasteiger partial charge in [0.15, 0.2) is 0 Å². The van der Waals surface area contributed by atoms with Crippen molar-refractivity contribution in [3.8, 4) is 11.8 Å². The second-order valence-electron chi connectivity index (χ2n) is 22.2. The van der Waals surface area contributed by atoms with Crippen LogP contribution >= 0.6 is 0 Å². The summed E-state index contributed by atoms with van der Waals surface area (Å²) in [6, 6.07) is 10.9. The van der Waals surface area contributed by atoms with E-state index in [1.54, 1.807) is 104 Å². The van der Waals surface area contributed by atoms with Crippen LogP contribution in [0.25, 0.3) is 0 Å². The minimum atomic E-state index is -4.63. The molecule has 0 aliphatic carbocycles. The third-order valence-corrected chi connectivity index (χ3v) is 12.6. The highest BCUT2D eigenvalue weighted by Gasteiger charge is 2.42. The molecule has 4 amide bonds. The Morgan fingerprint density at radius 3 is 1.18 bits per heavy atom. The summed E-state index contributed by atoms with van der Waals surface area (Å²) in [7, 11) is 0. The number of alkyl halides is 6. The normalized spacial score (nSPS) is 18.4. The van der Waals surface area contributed by atoms with Gasteiger partial charge in [0.1, 0.15) is 35.5 Å². The van der Waals surface area contributed by atoms with Gasteiger partial charge in [-0.05, 0) is 143 Å². The number of aromatic nitrogens is 4. The highest BCUT2D eigenvalue weighted by molar-refractivity contribution is 5.83. The number of carbonyl (C=O) groups is 4. The number of nitrogens with zero attached hydrogens (tertiary/aromatic N) is 6. The molecule has 0 radical (unpaired) electrons. The molecule has 4 aromatic heterocycles. The first-order chi connectivity index (χ1) is 35.2. The van der Waals surface area contributed by atoms with Crippen LogP contribution in [-0.2, 0) is 31.4 Å². The van der Waals surface area contributed by atoms with Crippen molar-refractivity contribution < 1.29 is 64.5 Å². The molecule has 424 valence electrons. The summed E-state index contributed by atoms with van der Waals surface area (Å²) in [6.45, 7) is 21.6. The van der Waals surface area contributed by atoms with Gasteiger partial charge in [-0.25, -0.2) is 19.6 Å². The maximum atomic E-state index is 13.3. The van der Waals surface area contributed by atoms with Crippen molar-refractivity contribution in [1.82, 2.24) is 40.4 Å². The molecule has 22 heteroatoms. The average Bonchev–Trinajstić information content (AvgIpc) is 3.32. The lowest BCUT2D eigenvalue weighted by Crippen LogP contribution is -2.54. The Morgan fingerprint density at radius 1 is 0.545 bits per heavy atom. The third-order valence-electron chi connectivity index (χ3n) is 12.6.